The number of nitrogens with zero attached hydrogens (tertiary/aromatic N) is 3. The molecule has 0 radical (unpaired) electrons. The van der Waals surface area contributed by atoms with E-state index in [4.69, 9.17) is 5.11 Å². The van der Waals surface area contributed by atoms with Crippen LogP contribution in [0.15, 0.2) is 6.20 Å². The summed E-state index contributed by atoms with van der Waals surface area (Å²) < 4.78 is 0. The van der Waals surface area contributed by atoms with Crippen molar-refractivity contribution >= 4 is 5.97 Å². The molecule has 0 fully saturated rings. The fourth-order valence-electron chi connectivity index (χ4n) is 0.647. The SMILES string of the molecule is CC(C)c1cnc(C(=O)O)nn1. The molecule has 1 aromatic rings. The quantitative estimate of drug-likeness (QED) is 0.701. The van der Waals surface area contributed by atoms with Crippen LogP contribution in [0.5, 0.6) is 0 Å². The van der Waals surface area contributed by atoms with Gasteiger partial charge in [0.25, 0.3) is 5.82 Å². The average Bonchev–Trinajstić information content (AvgIpc) is 2.04. The number of hydrogen-bond acceptors (Lipinski definition) is 4. The molecule has 1 heterocycles. The minimum absolute atomic E-state index is 0.216. The summed E-state index contributed by atoms with van der Waals surface area (Å²) in [6.45, 7) is 3.87. The van der Waals surface area contributed by atoms with E-state index >= 15 is 0 Å². The summed E-state index contributed by atoms with van der Waals surface area (Å²) >= 11 is 0. The number of aromatic carboxylic acids is 1. The molecule has 0 atom stereocenters. The van der Waals surface area contributed by atoms with Crippen molar-refractivity contribution in [2.45, 2.75) is 19.8 Å². The van der Waals surface area contributed by atoms with Crippen LogP contribution in [-0.4, -0.2) is 26.3 Å². The molecular weight excluding hydrogens is 158 g/mol. The Morgan fingerprint density at radius 2 is 2.17 bits per heavy atom. The number of carboxylic acids is 1. The molecule has 0 spiro atoms. The number of rotatable bonds is 2. The van der Waals surface area contributed by atoms with Crippen LogP contribution in [0.3, 0.4) is 0 Å². The third-order valence-electron chi connectivity index (χ3n) is 1.36. The van der Waals surface area contributed by atoms with Gasteiger partial charge in [-0.3, -0.25) is 0 Å². The summed E-state index contributed by atoms with van der Waals surface area (Å²) in [4.78, 5) is 13.9. The van der Waals surface area contributed by atoms with E-state index in [1.165, 1.54) is 6.20 Å². The van der Waals surface area contributed by atoms with Crippen LogP contribution in [-0.2, 0) is 0 Å². The number of carbonyl (C=O) groups is 1. The van der Waals surface area contributed by atoms with Crippen molar-refractivity contribution in [3.8, 4) is 0 Å². The fourth-order valence-corrected chi connectivity index (χ4v) is 0.647. The first kappa shape index (κ1) is 8.58. The van der Waals surface area contributed by atoms with Crippen LogP contribution in [0, 0.1) is 0 Å². The standard InChI is InChI=1S/C7H9N3O2/c1-4(2)5-3-8-6(7(11)12)10-9-5/h3-4H,1-2H3,(H,11,12). The van der Waals surface area contributed by atoms with Crippen molar-refractivity contribution in [2.24, 2.45) is 0 Å². The first-order chi connectivity index (χ1) is 5.61. The lowest BCUT2D eigenvalue weighted by atomic mass is 10.2. The second-order valence-corrected chi connectivity index (χ2v) is 2.67. The van der Waals surface area contributed by atoms with E-state index in [0.717, 1.165) is 0 Å². The molecule has 5 nitrogen and oxygen atoms in total. The van der Waals surface area contributed by atoms with Gasteiger partial charge in [-0.15, -0.1) is 5.10 Å². The Labute approximate surface area is 69.5 Å². The van der Waals surface area contributed by atoms with Gasteiger partial charge in [0.15, 0.2) is 0 Å². The second-order valence-electron chi connectivity index (χ2n) is 2.67. The first-order valence-corrected chi connectivity index (χ1v) is 3.54. The lowest BCUT2D eigenvalue weighted by Crippen LogP contribution is -2.07. The molecule has 5 heteroatoms. The van der Waals surface area contributed by atoms with Crippen molar-refractivity contribution in [3.05, 3.63) is 17.7 Å². The lowest BCUT2D eigenvalue weighted by molar-refractivity contribution is 0.0681. The van der Waals surface area contributed by atoms with Gasteiger partial charge in [-0.1, -0.05) is 13.8 Å². The molecule has 0 aromatic carbocycles. The normalized spacial score (nSPS) is 10.2. The van der Waals surface area contributed by atoms with E-state index < -0.39 is 5.97 Å². The van der Waals surface area contributed by atoms with E-state index in [2.05, 4.69) is 15.2 Å². The molecule has 0 amide bonds. The van der Waals surface area contributed by atoms with Crippen LogP contribution in [0.1, 0.15) is 36.1 Å². The van der Waals surface area contributed by atoms with Crippen molar-refractivity contribution in [1.29, 1.82) is 0 Å². The summed E-state index contributed by atoms with van der Waals surface area (Å²) in [7, 11) is 0. The Morgan fingerprint density at radius 3 is 2.50 bits per heavy atom. The molecule has 0 aliphatic heterocycles. The summed E-state index contributed by atoms with van der Waals surface area (Å²) in [6, 6.07) is 0. The highest BCUT2D eigenvalue weighted by Gasteiger charge is 2.08. The molecule has 0 bridgehead atoms. The van der Waals surface area contributed by atoms with Gasteiger partial charge in [0.05, 0.1) is 11.9 Å². The molecule has 0 unspecified atom stereocenters. The number of hydrogen-bond donors (Lipinski definition) is 1. The molecule has 0 saturated carbocycles. The Morgan fingerprint density at radius 1 is 1.50 bits per heavy atom. The van der Waals surface area contributed by atoms with Crippen LogP contribution >= 0.6 is 0 Å². The maximum atomic E-state index is 10.3. The molecule has 64 valence electrons. The van der Waals surface area contributed by atoms with Gasteiger partial charge in [0.2, 0.25) is 0 Å². The van der Waals surface area contributed by atoms with Crippen LogP contribution in [0.25, 0.3) is 0 Å². The van der Waals surface area contributed by atoms with Gasteiger partial charge in [-0.2, -0.15) is 5.10 Å². The Kier molecular flexibility index (Phi) is 2.32. The van der Waals surface area contributed by atoms with Gasteiger partial charge in [-0.25, -0.2) is 9.78 Å². The van der Waals surface area contributed by atoms with Gasteiger partial charge < -0.3 is 5.11 Å². The zero-order valence-electron chi connectivity index (χ0n) is 6.85. The van der Waals surface area contributed by atoms with Crippen molar-refractivity contribution in [1.82, 2.24) is 15.2 Å². The van der Waals surface area contributed by atoms with E-state index in [9.17, 15) is 4.79 Å². The monoisotopic (exact) mass is 167 g/mol. The van der Waals surface area contributed by atoms with E-state index in [-0.39, 0.29) is 11.7 Å². The van der Waals surface area contributed by atoms with E-state index in [1.54, 1.807) is 0 Å². The summed E-state index contributed by atoms with van der Waals surface area (Å²) in [5.74, 6) is -1.20. The summed E-state index contributed by atoms with van der Waals surface area (Å²) in [5, 5.41) is 15.6. The zero-order valence-corrected chi connectivity index (χ0v) is 6.85. The summed E-state index contributed by atoms with van der Waals surface area (Å²) in [6.07, 6.45) is 1.43. The van der Waals surface area contributed by atoms with E-state index in [0.29, 0.717) is 5.69 Å². The Bertz CT molecular complexity index is 281. The molecule has 0 aliphatic carbocycles. The van der Waals surface area contributed by atoms with Gasteiger partial charge in [0, 0.05) is 0 Å². The minimum Gasteiger partial charge on any atom is -0.475 e. The lowest BCUT2D eigenvalue weighted by Gasteiger charge is -2.00. The molecule has 0 saturated heterocycles. The Hall–Kier alpha value is -1.52. The predicted molar refractivity (Wildman–Crippen MR) is 40.9 cm³/mol. The maximum Gasteiger partial charge on any atom is 0.375 e. The molecule has 1 aromatic heterocycles. The molecule has 0 aliphatic rings. The molecule has 1 rings (SSSR count). The second kappa shape index (κ2) is 3.25. The largest absolute Gasteiger partial charge is 0.475 e. The fraction of sp³-hybridized carbons (Fsp3) is 0.429. The molecular formula is C7H9N3O2. The van der Waals surface area contributed by atoms with Gasteiger partial charge in [0.1, 0.15) is 0 Å². The van der Waals surface area contributed by atoms with Gasteiger partial charge in [-0.05, 0) is 5.92 Å². The summed E-state index contributed by atoms with van der Waals surface area (Å²) in [5.41, 5.74) is 0.694. The van der Waals surface area contributed by atoms with Crippen LogP contribution in [0.4, 0.5) is 0 Å². The number of aromatic nitrogens is 3. The predicted octanol–water partition coefficient (Wildman–Crippen LogP) is 0.693. The van der Waals surface area contributed by atoms with Gasteiger partial charge >= 0.3 is 5.97 Å². The highest BCUT2D eigenvalue weighted by molar-refractivity contribution is 5.82. The first-order valence-electron chi connectivity index (χ1n) is 3.54. The molecule has 1 N–H and O–H groups in total. The third kappa shape index (κ3) is 1.75. The smallest absolute Gasteiger partial charge is 0.375 e. The van der Waals surface area contributed by atoms with E-state index in [1.807, 2.05) is 13.8 Å². The topological polar surface area (TPSA) is 76.0 Å². The zero-order chi connectivity index (χ0) is 9.14. The average molecular weight is 167 g/mol. The third-order valence-corrected chi connectivity index (χ3v) is 1.36. The van der Waals surface area contributed by atoms with Crippen molar-refractivity contribution in [3.63, 3.8) is 0 Å². The minimum atomic E-state index is -1.15. The molecule has 12 heavy (non-hydrogen) atoms. The van der Waals surface area contributed by atoms with Crippen LogP contribution < -0.4 is 0 Å². The van der Waals surface area contributed by atoms with Crippen molar-refractivity contribution < 1.29 is 9.90 Å². The maximum absolute atomic E-state index is 10.3. The highest BCUT2D eigenvalue weighted by Crippen LogP contribution is 2.07. The Balaban J connectivity index is 2.93. The highest BCUT2D eigenvalue weighted by atomic mass is 16.4. The van der Waals surface area contributed by atoms with Crippen molar-refractivity contribution in [2.75, 3.05) is 0 Å². The van der Waals surface area contributed by atoms with Crippen LogP contribution in [0.2, 0.25) is 0 Å². The number of carboxylic acid groups (broad SMARTS) is 1.